The van der Waals surface area contributed by atoms with E-state index < -0.39 is 156 Å². The summed E-state index contributed by atoms with van der Waals surface area (Å²) in [6.45, 7) is 3.08. The summed E-state index contributed by atoms with van der Waals surface area (Å²) in [7, 11) is -4.71. The Balaban J connectivity index is 1.80. The van der Waals surface area contributed by atoms with Gasteiger partial charge < -0.3 is 85.2 Å². The van der Waals surface area contributed by atoms with Crippen LogP contribution in [0.25, 0.3) is 0 Å². The number of ether oxygens (including phenoxy) is 6. The number of phosphoric ester groups is 1. The number of alkyl carbamates (subject to hydrolysis) is 2. The summed E-state index contributed by atoms with van der Waals surface area (Å²) < 4.78 is 54.7. The molecule has 26 nitrogen and oxygen atoms in total. The quantitative estimate of drug-likeness (QED) is 0.0291. The molecule has 2 saturated heterocycles. The molecule has 0 aromatic heterocycles. The van der Waals surface area contributed by atoms with Crippen LogP contribution in [0.3, 0.4) is 0 Å². The van der Waals surface area contributed by atoms with E-state index in [1.165, 1.54) is 34.6 Å². The maximum Gasteiger partial charge on any atom is 0.472 e. The van der Waals surface area contributed by atoms with Gasteiger partial charge in [-0.2, -0.15) is 0 Å². The molecule has 11 N–H and O–H groups in total. The highest BCUT2D eigenvalue weighted by Gasteiger charge is 2.46. The van der Waals surface area contributed by atoms with Gasteiger partial charge in [0.15, 0.2) is 30.3 Å². The molecular formula is C37H65N4O22P. The maximum absolute atomic E-state index is 12.6. The Morgan fingerprint density at radius 1 is 0.672 bits per heavy atom. The third kappa shape index (κ3) is 21.2. The predicted octanol–water partition coefficient (Wildman–Crippen LogP) is -2.86. The zero-order valence-electron chi connectivity index (χ0n) is 36.5. The molecule has 0 saturated carbocycles. The number of hydrogen-bond acceptors (Lipinski definition) is 21. The molecule has 2 aliphatic heterocycles. The largest absolute Gasteiger partial charge is 0.472 e. The molecule has 370 valence electrons. The lowest BCUT2D eigenvalue weighted by molar-refractivity contribution is -0.270. The number of unbranched alkanes of at least 4 members (excludes halogenated alkanes) is 2. The van der Waals surface area contributed by atoms with Crippen LogP contribution < -0.4 is 21.3 Å². The standard InChI is InChI=1S/C37H65N4O22P/c1-20(44)40-27-31(50)29(48)25(16-42)61-33(27)56-12-8-6-10-22(46)14-38-35(52)58-18-24(19-59-64(54,55)63-37(3,4)5)60-36(53)39-15-23(47)11-7-9-13-57-34-28(41-21(2)45)32(51)30(49)26(17-43)62-34/h24-34,42-43,48-51H,6-19H2,1-5H3,(H,38,52)(H,39,53)(H,40,44)(H,41,45)(H,54,55)/t24-,25+,26+,27+,28+,29-,30-,31+,32+,33+,34+/m0/s1. The topological polar surface area (TPSA) is 383 Å². The number of carbonyl (C=O) groups is 6. The van der Waals surface area contributed by atoms with Crippen molar-refractivity contribution in [3.05, 3.63) is 0 Å². The fourth-order valence-electron chi connectivity index (χ4n) is 6.07. The molecule has 2 rings (SSSR count). The average Bonchev–Trinajstić information content (AvgIpc) is 3.20. The summed E-state index contributed by atoms with van der Waals surface area (Å²) in [6.07, 6.45) is -13.4. The van der Waals surface area contributed by atoms with Gasteiger partial charge in [0.1, 0.15) is 55.3 Å². The van der Waals surface area contributed by atoms with E-state index in [2.05, 4.69) is 21.3 Å². The van der Waals surface area contributed by atoms with Gasteiger partial charge in [-0.25, -0.2) is 14.2 Å². The number of nitrogens with one attached hydrogen (secondary N) is 4. The number of ketones is 2. The summed E-state index contributed by atoms with van der Waals surface area (Å²) in [6, 6.07) is -2.26. The predicted molar refractivity (Wildman–Crippen MR) is 215 cm³/mol. The lowest BCUT2D eigenvalue weighted by Crippen LogP contribution is -2.64. The van der Waals surface area contributed by atoms with Crippen molar-refractivity contribution in [3.8, 4) is 0 Å². The van der Waals surface area contributed by atoms with Crippen LogP contribution in [0.4, 0.5) is 9.59 Å². The Morgan fingerprint density at radius 2 is 1.11 bits per heavy atom. The molecule has 0 radical (unpaired) electrons. The Hall–Kier alpha value is -3.47. The zero-order valence-corrected chi connectivity index (χ0v) is 37.3. The first-order valence-electron chi connectivity index (χ1n) is 20.6. The van der Waals surface area contributed by atoms with Gasteiger partial charge in [-0.1, -0.05) is 0 Å². The number of Topliss-reactive ketones (excluding diaryl/α,β-unsaturated/α-hetero) is 2. The molecule has 0 bridgehead atoms. The fourth-order valence-corrected chi connectivity index (χ4v) is 7.17. The Bertz CT molecular complexity index is 1550. The first-order chi connectivity index (χ1) is 30.0. The van der Waals surface area contributed by atoms with E-state index in [9.17, 15) is 68.9 Å². The fraction of sp³-hybridized carbons (Fsp3) is 0.838. The van der Waals surface area contributed by atoms with Crippen LogP contribution in [0.15, 0.2) is 0 Å². The molecule has 0 aromatic carbocycles. The molecular weight excluding hydrogens is 883 g/mol. The van der Waals surface area contributed by atoms with Gasteiger partial charge in [0.2, 0.25) is 11.8 Å². The minimum atomic E-state index is -4.71. The molecule has 0 spiro atoms. The van der Waals surface area contributed by atoms with Crippen molar-refractivity contribution in [2.24, 2.45) is 0 Å². The molecule has 1 unspecified atom stereocenters. The lowest BCUT2D eigenvalue weighted by atomic mass is 9.97. The van der Waals surface area contributed by atoms with E-state index in [4.69, 9.17) is 37.5 Å². The van der Waals surface area contributed by atoms with E-state index >= 15 is 0 Å². The minimum Gasteiger partial charge on any atom is -0.446 e. The molecule has 2 aliphatic rings. The SMILES string of the molecule is CC(=O)N[C@H]1[C@H](OCCCCC(=O)CNC(=O)OC[C@@H](COP(=O)(O)OC(C)(C)C)OC(=O)NCC(=O)CCCCO[C@@H]2O[C@H](CO)[C@H](O)[C@H](O)[C@H]2NC(C)=O)O[C@H](CO)[C@H](O)[C@@H]1O. The minimum absolute atomic E-state index is 0.000712. The van der Waals surface area contributed by atoms with Gasteiger partial charge in [-0.15, -0.1) is 0 Å². The van der Waals surface area contributed by atoms with Crippen molar-refractivity contribution in [1.82, 2.24) is 21.3 Å². The van der Waals surface area contributed by atoms with Crippen LogP contribution in [-0.4, -0.2) is 197 Å². The van der Waals surface area contributed by atoms with Crippen LogP contribution in [0.2, 0.25) is 0 Å². The summed E-state index contributed by atoms with van der Waals surface area (Å²) in [4.78, 5) is 83.2. The molecule has 27 heteroatoms. The van der Waals surface area contributed by atoms with Crippen LogP contribution >= 0.6 is 7.82 Å². The maximum atomic E-state index is 12.6. The van der Waals surface area contributed by atoms with Crippen molar-refractivity contribution in [1.29, 1.82) is 0 Å². The van der Waals surface area contributed by atoms with E-state index in [0.29, 0.717) is 6.42 Å². The van der Waals surface area contributed by atoms with Crippen LogP contribution in [0.5, 0.6) is 0 Å². The molecule has 0 aliphatic carbocycles. The van der Waals surface area contributed by atoms with Crippen LogP contribution in [0.1, 0.15) is 73.1 Å². The first-order valence-corrected chi connectivity index (χ1v) is 22.0. The van der Waals surface area contributed by atoms with Crippen molar-refractivity contribution < 1.29 is 106 Å². The highest BCUT2D eigenvalue weighted by atomic mass is 31.2. The smallest absolute Gasteiger partial charge is 0.446 e. The second-order valence-electron chi connectivity index (χ2n) is 15.9. The van der Waals surface area contributed by atoms with E-state index in [-0.39, 0.29) is 45.3 Å². The van der Waals surface area contributed by atoms with Crippen molar-refractivity contribution in [3.63, 3.8) is 0 Å². The van der Waals surface area contributed by atoms with Gasteiger partial charge in [0.05, 0.1) is 38.5 Å². The third-order valence-corrected chi connectivity index (χ3v) is 10.4. The number of rotatable bonds is 27. The van der Waals surface area contributed by atoms with Crippen molar-refractivity contribution in [2.45, 2.75) is 146 Å². The number of carbonyl (C=O) groups excluding carboxylic acids is 6. The van der Waals surface area contributed by atoms with E-state index in [1.54, 1.807) is 0 Å². The molecule has 4 amide bonds. The molecule has 2 heterocycles. The van der Waals surface area contributed by atoms with Crippen LogP contribution in [-0.2, 0) is 61.2 Å². The van der Waals surface area contributed by atoms with Gasteiger partial charge in [0, 0.05) is 39.9 Å². The number of aliphatic hydroxyl groups excluding tert-OH is 6. The van der Waals surface area contributed by atoms with Crippen molar-refractivity contribution >= 4 is 43.4 Å². The second-order valence-corrected chi connectivity index (χ2v) is 17.3. The summed E-state index contributed by atoms with van der Waals surface area (Å²) in [5.74, 6) is -1.90. The summed E-state index contributed by atoms with van der Waals surface area (Å²) in [5, 5.41) is 69.2. The molecule has 12 atom stereocenters. The highest BCUT2D eigenvalue weighted by molar-refractivity contribution is 7.47. The van der Waals surface area contributed by atoms with Gasteiger partial charge in [0.25, 0.3) is 0 Å². The molecule has 2 fully saturated rings. The van der Waals surface area contributed by atoms with Gasteiger partial charge in [-0.3, -0.25) is 28.2 Å². The monoisotopic (exact) mass is 948 g/mol. The Kier molecular flexibility index (Phi) is 24.7. The Labute approximate surface area is 369 Å². The normalized spacial score (nSPS) is 27.3. The average molecular weight is 949 g/mol. The second kappa shape index (κ2) is 27.9. The highest BCUT2D eigenvalue weighted by Crippen LogP contribution is 2.47. The van der Waals surface area contributed by atoms with Crippen molar-refractivity contribution in [2.75, 3.05) is 52.7 Å². The van der Waals surface area contributed by atoms with Gasteiger partial charge in [-0.05, 0) is 46.5 Å². The molecule has 64 heavy (non-hydrogen) atoms. The Morgan fingerprint density at radius 3 is 1.52 bits per heavy atom. The third-order valence-electron chi connectivity index (χ3n) is 9.11. The summed E-state index contributed by atoms with van der Waals surface area (Å²) >= 11 is 0. The number of amides is 4. The summed E-state index contributed by atoms with van der Waals surface area (Å²) in [5.41, 5.74) is -1.12. The zero-order chi connectivity index (χ0) is 48.2. The number of aliphatic hydroxyl groups is 6. The molecule has 0 aromatic rings. The van der Waals surface area contributed by atoms with E-state index in [1.807, 2.05) is 0 Å². The lowest BCUT2D eigenvalue weighted by Gasteiger charge is -2.42. The number of hydrogen-bond donors (Lipinski definition) is 11. The first kappa shape index (κ1) is 56.7. The van der Waals surface area contributed by atoms with E-state index in [0.717, 1.165) is 0 Å². The van der Waals surface area contributed by atoms with Gasteiger partial charge >= 0.3 is 20.0 Å². The van der Waals surface area contributed by atoms with Crippen LogP contribution in [0, 0.1) is 0 Å². The number of phosphoric acid groups is 1.